The summed E-state index contributed by atoms with van der Waals surface area (Å²) in [5.41, 5.74) is 1.85. The second-order valence-electron chi connectivity index (χ2n) is 9.84. The zero-order chi connectivity index (χ0) is 26.9. The van der Waals surface area contributed by atoms with Crippen molar-refractivity contribution in [2.24, 2.45) is 0 Å². The van der Waals surface area contributed by atoms with E-state index in [2.05, 4.69) is 5.32 Å². The lowest BCUT2D eigenvalue weighted by molar-refractivity contribution is -0.120. The van der Waals surface area contributed by atoms with Gasteiger partial charge in [0.15, 0.2) is 5.54 Å². The number of fused-ring (bicyclic) bond motifs is 5. The highest BCUT2D eigenvalue weighted by molar-refractivity contribution is 7.93. The van der Waals surface area contributed by atoms with Crippen LogP contribution in [0.25, 0.3) is 11.0 Å². The zero-order valence-corrected chi connectivity index (χ0v) is 22.0. The number of furan rings is 1. The fourth-order valence-corrected chi connectivity index (χ4v) is 7.86. The number of sulfonamides is 1. The van der Waals surface area contributed by atoms with Crippen LogP contribution in [0.1, 0.15) is 28.4 Å². The van der Waals surface area contributed by atoms with E-state index in [-0.39, 0.29) is 4.90 Å². The van der Waals surface area contributed by atoms with Crippen molar-refractivity contribution >= 4 is 38.3 Å². The Bertz CT molecular complexity index is 1880. The van der Waals surface area contributed by atoms with Crippen molar-refractivity contribution in [2.75, 3.05) is 16.7 Å². The summed E-state index contributed by atoms with van der Waals surface area (Å²) in [7, 11) is -2.76. The number of rotatable bonds is 4. The van der Waals surface area contributed by atoms with Gasteiger partial charge in [0.25, 0.3) is 15.9 Å². The molecule has 0 bridgehead atoms. The fraction of sp³-hybridized carbons (Fsp3) is 0.129. The summed E-state index contributed by atoms with van der Waals surface area (Å²) in [4.78, 5) is 14.5. The van der Waals surface area contributed by atoms with E-state index >= 15 is 0 Å². The van der Waals surface area contributed by atoms with Gasteiger partial charge in [-0.25, -0.2) is 12.7 Å². The Morgan fingerprint density at radius 1 is 0.897 bits per heavy atom. The Kier molecular flexibility index (Phi) is 4.96. The minimum atomic E-state index is -4.29. The molecular weight excluding hydrogens is 512 g/mol. The first kappa shape index (κ1) is 23.5. The molecule has 194 valence electrons. The summed E-state index contributed by atoms with van der Waals surface area (Å²) in [5.74, 6) is -0.369. The van der Waals surface area contributed by atoms with Crippen LogP contribution in [0.2, 0.25) is 0 Å². The SMILES string of the molecule is COc1cccc2c1NC(=O)C21C(c2ccccc2)c2oc3ccccc3c2N1S(=O)(=O)c1ccc(C)cc1. The summed E-state index contributed by atoms with van der Waals surface area (Å²) >= 11 is 0. The molecule has 7 nitrogen and oxygen atoms in total. The van der Waals surface area contributed by atoms with Crippen LogP contribution in [-0.2, 0) is 20.4 Å². The number of nitrogens with one attached hydrogen (secondary N) is 1. The molecule has 3 heterocycles. The number of amides is 1. The molecule has 0 saturated carbocycles. The number of para-hydroxylation sites is 2. The summed E-state index contributed by atoms with van der Waals surface area (Å²) in [6, 6.07) is 28.7. The minimum Gasteiger partial charge on any atom is -0.495 e. The average Bonchev–Trinajstić information content (AvgIpc) is 3.56. The van der Waals surface area contributed by atoms with Crippen LogP contribution in [0.4, 0.5) is 11.4 Å². The van der Waals surface area contributed by atoms with Gasteiger partial charge in [0.1, 0.15) is 22.8 Å². The van der Waals surface area contributed by atoms with Crippen molar-refractivity contribution in [3.8, 4) is 5.75 Å². The van der Waals surface area contributed by atoms with Crippen molar-refractivity contribution in [1.29, 1.82) is 0 Å². The van der Waals surface area contributed by atoms with Gasteiger partial charge in [0, 0.05) is 10.9 Å². The Balaban J connectivity index is 1.65. The first-order valence-corrected chi connectivity index (χ1v) is 14.0. The molecular formula is C31H24N2O5S. The van der Waals surface area contributed by atoms with Gasteiger partial charge in [0.2, 0.25) is 0 Å². The molecule has 0 fully saturated rings. The number of aryl methyl sites for hydroxylation is 1. The van der Waals surface area contributed by atoms with Gasteiger partial charge in [-0.2, -0.15) is 0 Å². The third kappa shape index (κ3) is 3.03. The maximum absolute atomic E-state index is 14.8. The van der Waals surface area contributed by atoms with Crippen molar-refractivity contribution in [2.45, 2.75) is 23.3 Å². The maximum atomic E-state index is 14.8. The Morgan fingerprint density at radius 2 is 1.62 bits per heavy atom. The molecule has 8 heteroatoms. The van der Waals surface area contributed by atoms with E-state index in [0.29, 0.717) is 39.4 Å². The number of ether oxygens (including phenoxy) is 1. The molecule has 1 amide bonds. The highest BCUT2D eigenvalue weighted by Gasteiger charge is 2.68. The van der Waals surface area contributed by atoms with Crippen LogP contribution >= 0.6 is 0 Å². The van der Waals surface area contributed by atoms with Gasteiger partial charge >= 0.3 is 0 Å². The number of nitrogens with zero attached hydrogens (tertiary/aromatic N) is 1. The summed E-state index contributed by atoms with van der Waals surface area (Å²) < 4.78 is 42.9. The first-order chi connectivity index (χ1) is 18.9. The largest absolute Gasteiger partial charge is 0.495 e. The van der Waals surface area contributed by atoms with Gasteiger partial charge in [-0.15, -0.1) is 0 Å². The van der Waals surface area contributed by atoms with Gasteiger partial charge in [-0.05, 0) is 42.8 Å². The monoisotopic (exact) mass is 536 g/mol. The number of benzene rings is 4. The molecule has 4 aromatic carbocycles. The van der Waals surface area contributed by atoms with Crippen LogP contribution in [0, 0.1) is 6.92 Å². The molecule has 2 aliphatic heterocycles. The standard InChI is InChI=1S/C31H24N2O5S/c1-19-15-17-21(18-16-19)39(35,36)33-28-22-11-6-7-13-24(22)38-29(28)26(20-9-4-3-5-10-20)31(33)23-12-8-14-25(37-2)27(23)32-30(31)34/h3-18,26H,1-2H3,(H,32,34). The minimum absolute atomic E-state index is 0.0848. The van der Waals surface area contributed by atoms with E-state index in [0.717, 1.165) is 11.1 Å². The predicted molar refractivity (Wildman–Crippen MR) is 149 cm³/mol. The van der Waals surface area contributed by atoms with Crippen molar-refractivity contribution in [3.63, 3.8) is 0 Å². The fourth-order valence-electron chi connectivity index (χ4n) is 6.07. The number of hydrogen-bond donors (Lipinski definition) is 1. The molecule has 1 N–H and O–H groups in total. The molecule has 7 rings (SSSR count). The molecule has 2 unspecified atom stereocenters. The third-order valence-corrected chi connectivity index (χ3v) is 9.55. The topological polar surface area (TPSA) is 88.8 Å². The van der Waals surface area contributed by atoms with E-state index < -0.39 is 27.4 Å². The predicted octanol–water partition coefficient (Wildman–Crippen LogP) is 5.94. The number of carbonyl (C=O) groups is 1. The second-order valence-corrected chi connectivity index (χ2v) is 11.6. The van der Waals surface area contributed by atoms with Crippen LogP contribution in [0.15, 0.2) is 106 Å². The van der Waals surface area contributed by atoms with E-state index in [4.69, 9.17) is 9.15 Å². The highest BCUT2D eigenvalue weighted by atomic mass is 32.2. The molecule has 2 atom stereocenters. The Morgan fingerprint density at radius 3 is 2.36 bits per heavy atom. The van der Waals surface area contributed by atoms with E-state index in [1.165, 1.54) is 11.4 Å². The molecule has 2 aliphatic rings. The number of anilines is 2. The second kappa shape index (κ2) is 8.22. The lowest BCUT2D eigenvalue weighted by Gasteiger charge is -2.38. The van der Waals surface area contributed by atoms with Crippen LogP contribution in [0.3, 0.4) is 0 Å². The summed E-state index contributed by atoms with van der Waals surface area (Å²) in [5, 5.41) is 3.59. The number of carbonyl (C=O) groups excluding carboxylic acids is 1. The van der Waals surface area contributed by atoms with Crippen LogP contribution < -0.4 is 14.4 Å². The molecule has 1 spiro atoms. The summed E-state index contributed by atoms with van der Waals surface area (Å²) in [6.07, 6.45) is 0. The van der Waals surface area contributed by atoms with Gasteiger partial charge < -0.3 is 14.5 Å². The molecule has 0 saturated heterocycles. The normalized spacial score (nSPS) is 19.8. The first-order valence-electron chi connectivity index (χ1n) is 12.6. The smallest absolute Gasteiger partial charge is 0.265 e. The lowest BCUT2D eigenvalue weighted by atomic mass is 9.76. The molecule has 1 aromatic heterocycles. The quantitative estimate of drug-likeness (QED) is 0.307. The van der Waals surface area contributed by atoms with Crippen LogP contribution in [0.5, 0.6) is 5.75 Å². The van der Waals surface area contributed by atoms with Crippen molar-refractivity contribution in [3.05, 3.63) is 120 Å². The third-order valence-electron chi connectivity index (χ3n) is 7.73. The summed E-state index contributed by atoms with van der Waals surface area (Å²) in [6.45, 7) is 1.90. The molecule has 0 radical (unpaired) electrons. The lowest BCUT2D eigenvalue weighted by Crippen LogP contribution is -2.54. The highest BCUT2D eigenvalue weighted by Crippen LogP contribution is 2.64. The van der Waals surface area contributed by atoms with Gasteiger partial charge in [0.05, 0.1) is 23.6 Å². The number of methoxy groups -OCH3 is 1. The van der Waals surface area contributed by atoms with Crippen molar-refractivity contribution in [1.82, 2.24) is 0 Å². The van der Waals surface area contributed by atoms with E-state index in [1.54, 1.807) is 42.5 Å². The Hall–Kier alpha value is -4.56. The van der Waals surface area contributed by atoms with Crippen LogP contribution in [-0.4, -0.2) is 21.4 Å². The van der Waals surface area contributed by atoms with E-state index in [9.17, 15) is 13.2 Å². The number of hydrogen-bond acceptors (Lipinski definition) is 5. The maximum Gasteiger partial charge on any atom is 0.265 e. The van der Waals surface area contributed by atoms with Crippen molar-refractivity contribution < 1.29 is 22.4 Å². The zero-order valence-electron chi connectivity index (χ0n) is 21.2. The average molecular weight is 537 g/mol. The Labute approximate surface area is 225 Å². The molecule has 0 aliphatic carbocycles. The van der Waals surface area contributed by atoms with Gasteiger partial charge in [-0.1, -0.05) is 72.3 Å². The van der Waals surface area contributed by atoms with Gasteiger partial charge in [-0.3, -0.25) is 4.79 Å². The molecule has 5 aromatic rings. The van der Waals surface area contributed by atoms with E-state index in [1.807, 2.05) is 61.5 Å². The molecule has 39 heavy (non-hydrogen) atoms.